The molecule has 0 saturated heterocycles. The summed E-state index contributed by atoms with van der Waals surface area (Å²) in [5.74, 6) is 2.18. The standard InChI is InChI=1S/C13H23NO3S/c1-9(8-15)18(16,17)14-13-5-10-2-11(6-13)4-12(3-10)7-13/h9-12,14-15H,2-8H2,1H3. The van der Waals surface area contributed by atoms with Gasteiger partial charge in [0.1, 0.15) is 0 Å². The lowest BCUT2D eigenvalue weighted by molar-refractivity contribution is -0.00826. The van der Waals surface area contributed by atoms with Crippen LogP contribution in [0.4, 0.5) is 0 Å². The van der Waals surface area contributed by atoms with Crippen LogP contribution < -0.4 is 4.72 Å². The third-order valence-corrected chi connectivity index (χ3v) is 7.11. The zero-order chi connectivity index (χ0) is 13.0. The zero-order valence-corrected chi connectivity index (χ0v) is 11.7. The summed E-state index contributed by atoms with van der Waals surface area (Å²) in [5, 5.41) is 8.36. The quantitative estimate of drug-likeness (QED) is 0.810. The first-order valence-electron chi connectivity index (χ1n) is 7.06. The monoisotopic (exact) mass is 273 g/mol. The van der Waals surface area contributed by atoms with Gasteiger partial charge < -0.3 is 5.11 Å². The molecule has 104 valence electrons. The molecule has 4 aliphatic carbocycles. The number of aliphatic hydroxyl groups is 1. The Kier molecular flexibility index (Phi) is 2.99. The lowest BCUT2D eigenvalue weighted by Crippen LogP contribution is -2.61. The Hall–Kier alpha value is -0.130. The summed E-state index contributed by atoms with van der Waals surface area (Å²) >= 11 is 0. The Bertz CT molecular complexity index is 396. The fourth-order valence-corrected chi connectivity index (χ4v) is 5.99. The van der Waals surface area contributed by atoms with Gasteiger partial charge in [-0.05, 0) is 63.2 Å². The van der Waals surface area contributed by atoms with Crippen LogP contribution in [0, 0.1) is 17.8 Å². The highest BCUT2D eigenvalue weighted by atomic mass is 32.2. The highest BCUT2D eigenvalue weighted by Gasteiger charge is 2.52. The van der Waals surface area contributed by atoms with Crippen molar-refractivity contribution in [3.05, 3.63) is 0 Å². The first-order valence-corrected chi connectivity index (χ1v) is 8.61. The Morgan fingerprint density at radius 3 is 2.00 bits per heavy atom. The summed E-state index contributed by atoms with van der Waals surface area (Å²) in [6, 6.07) is 0. The minimum Gasteiger partial charge on any atom is -0.395 e. The van der Waals surface area contributed by atoms with Crippen molar-refractivity contribution in [2.75, 3.05) is 6.61 Å². The number of rotatable bonds is 4. The molecule has 4 nitrogen and oxygen atoms in total. The summed E-state index contributed by atoms with van der Waals surface area (Å²) in [6.07, 6.45) is 6.94. The molecular weight excluding hydrogens is 250 g/mol. The highest BCUT2D eigenvalue weighted by Crippen LogP contribution is 2.55. The maximum atomic E-state index is 12.2. The van der Waals surface area contributed by atoms with Crippen molar-refractivity contribution in [2.45, 2.75) is 56.2 Å². The van der Waals surface area contributed by atoms with E-state index in [1.165, 1.54) is 19.3 Å². The van der Waals surface area contributed by atoms with Crippen molar-refractivity contribution >= 4 is 10.0 Å². The fraction of sp³-hybridized carbons (Fsp3) is 1.00. The second kappa shape index (κ2) is 4.18. The molecule has 0 aliphatic heterocycles. The first-order chi connectivity index (χ1) is 8.42. The highest BCUT2D eigenvalue weighted by molar-refractivity contribution is 7.90. The van der Waals surface area contributed by atoms with Gasteiger partial charge in [-0.1, -0.05) is 0 Å². The number of hydrogen-bond acceptors (Lipinski definition) is 3. The molecule has 0 aromatic carbocycles. The van der Waals surface area contributed by atoms with Crippen LogP contribution in [0.3, 0.4) is 0 Å². The maximum absolute atomic E-state index is 12.2. The second-order valence-corrected chi connectivity index (χ2v) is 8.94. The van der Waals surface area contributed by atoms with E-state index >= 15 is 0 Å². The van der Waals surface area contributed by atoms with E-state index in [1.807, 2.05) is 0 Å². The topological polar surface area (TPSA) is 66.4 Å². The number of sulfonamides is 1. The van der Waals surface area contributed by atoms with E-state index in [2.05, 4.69) is 4.72 Å². The molecular formula is C13H23NO3S. The number of aliphatic hydroxyl groups excluding tert-OH is 1. The molecule has 4 aliphatic rings. The number of hydrogen-bond donors (Lipinski definition) is 2. The van der Waals surface area contributed by atoms with Gasteiger partial charge in [0.2, 0.25) is 10.0 Å². The SMILES string of the molecule is CC(CO)S(=O)(=O)NC12CC3CC(CC(C3)C1)C2. The van der Waals surface area contributed by atoms with E-state index < -0.39 is 15.3 Å². The van der Waals surface area contributed by atoms with Crippen molar-refractivity contribution in [1.29, 1.82) is 0 Å². The van der Waals surface area contributed by atoms with Crippen LogP contribution in [0.2, 0.25) is 0 Å². The smallest absolute Gasteiger partial charge is 0.216 e. The minimum absolute atomic E-state index is 0.184. The van der Waals surface area contributed by atoms with Gasteiger partial charge in [0, 0.05) is 5.54 Å². The molecule has 0 spiro atoms. The second-order valence-electron chi connectivity index (χ2n) is 6.84. The van der Waals surface area contributed by atoms with Gasteiger partial charge in [0.05, 0.1) is 11.9 Å². The average molecular weight is 273 g/mol. The average Bonchev–Trinajstić information content (AvgIpc) is 2.24. The largest absolute Gasteiger partial charge is 0.395 e. The van der Waals surface area contributed by atoms with Crippen LogP contribution in [-0.4, -0.2) is 30.9 Å². The summed E-state index contributed by atoms with van der Waals surface area (Å²) in [7, 11) is -3.37. The van der Waals surface area contributed by atoms with Gasteiger partial charge in [-0.15, -0.1) is 0 Å². The summed E-state index contributed by atoms with van der Waals surface area (Å²) in [6.45, 7) is 1.27. The maximum Gasteiger partial charge on any atom is 0.216 e. The van der Waals surface area contributed by atoms with Crippen LogP contribution in [0.5, 0.6) is 0 Å². The minimum atomic E-state index is -3.37. The zero-order valence-electron chi connectivity index (χ0n) is 10.9. The molecule has 0 radical (unpaired) electrons. The van der Waals surface area contributed by atoms with Gasteiger partial charge >= 0.3 is 0 Å². The van der Waals surface area contributed by atoms with Crippen LogP contribution in [0.15, 0.2) is 0 Å². The Balaban J connectivity index is 1.80. The summed E-state index contributed by atoms with van der Waals surface area (Å²) in [5.41, 5.74) is -0.184. The molecule has 2 N–H and O–H groups in total. The van der Waals surface area contributed by atoms with Crippen molar-refractivity contribution < 1.29 is 13.5 Å². The Morgan fingerprint density at radius 2 is 1.61 bits per heavy atom. The van der Waals surface area contributed by atoms with Crippen LogP contribution in [0.25, 0.3) is 0 Å². The molecule has 4 fully saturated rings. The summed E-state index contributed by atoms with van der Waals surface area (Å²) < 4.78 is 27.3. The predicted molar refractivity (Wildman–Crippen MR) is 69.5 cm³/mol. The predicted octanol–water partition coefficient (Wildman–Crippen LogP) is 1.26. The van der Waals surface area contributed by atoms with Gasteiger partial charge in [-0.3, -0.25) is 0 Å². The van der Waals surface area contributed by atoms with Gasteiger partial charge in [-0.2, -0.15) is 0 Å². The van der Waals surface area contributed by atoms with E-state index in [0.717, 1.165) is 37.0 Å². The number of nitrogens with one attached hydrogen (secondary N) is 1. The van der Waals surface area contributed by atoms with E-state index in [4.69, 9.17) is 5.11 Å². The van der Waals surface area contributed by atoms with Crippen LogP contribution in [0.1, 0.15) is 45.4 Å². The summed E-state index contributed by atoms with van der Waals surface area (Å²) in [4.78, 5) is 0. The fourth-order valence-electron chi connectivity index (χ4n) is 4.74. The van der Waals surface area contributed by atoms with Gasteiger partial charge in [0.25, 0.3) is 0 Å². The Morgan fingerprint density at radius 1 is 1.17 bits per heavy atom. The lowest BCUT2D eigenvalue weighted by Gasteiger charge is -2.56. The van der Waals surface area contributed by atoms with E-state index in [-0.39, 0.29) is 12.1 Å². The third-order valence-electron chi connectivity index (χ3n) is 5.18. The molecule has 0 aromatic heterocycles. The molecule has 4 bridgehead atoms. The van der Waals surface area contributed by atoms with E-state index in [9.17, 15) is 8.42 Å². The molecule has 4 saturated carbocycles. The molecule has 5 heteroatoms. The molecule has 1 atom stereocenters. The molecule has 0 aromatic rings. The van der Waals surface area contributed by atoms with E-state index in [1.54, 1.807) is 6.92 Å². The van der Waals surface area contributed by atoms with Crippen molar-refractivity contribution in [3.63, 3.8) is 0 Å². The normalized spacial score (nSPS) is 44.2. The van der Waals surface area contributed by atoms with Gasteiger partial charge in [-0.25, -0.2) is 13.1 Å². The van der Waals surface area contributed by atoms with Crippen LogP contribution in [-0.2, 0) is 10.0 Å². The first kappa shape index (κ1) is 12.9. The van der Waals surface area contributed by atoms with Crippen LogP contribution >= 0.6 is 0 Å². The molecule has 18 heavy (non-hydrogen) atoms. The molecule has 0 amide bonds. The Labute approximate surface area is 109 Å². The van der Waals surface area contributed by atoms with Crippen molar-refractivity contribution in [2.24, 2.45) is 17.8 Å². The molecule has 1 unspecified atom stereocenters. The van der Waals surface area contributed by atoms with Gasteiger partial charge in [0.15, 0.2) is 0 Å². The molecule has 4 rings (SSSR count). The lowest BCUT2D eigenvalue weighted by atomic mass is 9.53. The third kappa shape index (κ3) is 2.10. The van der Waals surface area contributed by atoms with Crippen molar-refractivity contribution in [1.82, 2.24) is 4.72 Å². The van der Waals surface area contributed by atoms with E-state index in [0.29, 0.717) is 0 Å². The van der Waals surface area contributed by atoms with Crippen molar-refractivity contribution in [3.8, 4) is 0 Å². The molecule has 0 heterocycles.